The van der Waals surface area contributed by atoms with E-state index in [1.807, 2.05) is 17.5 Å². The van der Waals surface area contributed by atoms with Gasteiger partial charge in [-0.3, -0.25) is 0 Å². The van der Waals surface area contributed by atoms with Crippen LogP contribution in [-0.2, 0) is 25.7 Å². The molecule has 130 valence electrons. The molecule has 0 bridgehead atoms. The summed E-state index contributed by atoms with van der Waals surface area (Å²) >= 11 is 1.64. The van der Waals surface area contributed by atoms with E-state index in [0.29, 0.717) is 12.3 Å². The van der Waals surface area contributed by atoms with Gasteiger partial charge in [0.1, 0.15) is 12.4 Å². The summed E-state index contributed by atoms with van der Waals surface area (Å²) in [5.74, 6) is -1.95. The Morgan fingerprint density at radius 1 is 1.12 bits per heavy atom. The van der Waals surface area contributed by atoms with Gasteiger partial charge in [0, 0.05) is 30.6 Å². The van der Waals surface area contributed by atoms with Crippen molar-refractivity contribution in [2.24, 2.45) is 0 Å². The van der Waals surface area contributed by atoms with Crippen LogP contribution < -0.4 is 10.1 Å². The molecule has 2 aromatic rings. The Bertz CT molecular complexity index is 771. The largest absolute Gasteiger partial charge is 0.488 e. The first-order valence-electron chi connectivity index (χ1n) is 7.61. The van der Waals surface area contributed by atoms with Crippen LogP contribution in [0.5, 0.6) is 5.75 Å². The molecule has 0 saturated carbocycles. The minimum atomic E-state index is -1.24. The minimum absolute atomic E-state index is 0.183. The molecule has 25 heavy (non-hydrogen) atoms. The molecule has 7 heteroatoms. The van der Waals surface area contributed by atoms with E-state index in [0.717, 1.165) is 10.6 Å². The summed E-state index contributed by atoms with van der Waals surface area (Å²) in [5.41, 5.74) is 0.513. The molecule has 1 fully saturated rings. The van der Waals surface area contributed by atoms with Crippen molar-refractivity contribution in [1.29, 1.82) is 0 Å². The Balaban J connectivity index is 1.59. The lowest BCUT2D eigenvalue weighted by molar-refractivity contribution is -0.222. The Kier molecular flexibility index (Phi) is 4.76. The van der Waals surface area contributed by atoms with Crippen LogP contribution in [0.3, 0.4) is 0 Å². The molecule has 1 aromatic heterocycles. The third-order valence-corrected chi connectivity index (χ3v) is 4.17. The summed E-state index contributed by atoms with van der Waals surface area (Å²) in [7, 11) is 0. The van der Waals surface area contributed by atoms with Crippen molar-refractivity contribution in [3.8, 4) is 5.75 Å². The minimum Gasteiger partial charge on any atom is -0.488 e. The smallest absolute Gasteiger partial charge is 0.350 e. The van der Waals surface area contributed by atoms with Crippen LogP contribution in [0.15, 0.2) is 53.6 Å². The van der Waals surface area contributed by atoms with Crippen LogP contribution >= 0.6 is 11.3 Å². The average molecular weight is 359 g/mol. The predicted molar refractivity (Wildman–Crippen MR) is 93.1 cm³/mol. The molecule has 0 atom stereocenters. The van der Waals surface area contributed by atoms with Crippen molar-refractivity contribution < 1.29 is 23.8 Å². The Morgan fingerprint density at radius 2 is 1.80 bits per heavy atom. The van der Waals surface area contributed by atoms with Gasteiger partial charge in [-0.15, -0.1) is 11.3 Å². The molecule has 2 heterocycles. The number of cyclic esters (lactones) is 2. The van der Waals surface area contributed by atoms with Crippen LogP contribution in [0.1, 0.15) is 18.7 Å². The summed E-state index contributed by atoms with van der Waals surface area (Å²) in [4.78, 5) is 24.8. The number of anilines is 1. The number of hydrogen-bond acceptors (Lipinski definition) is 7. The van der Waals surface area contributed by atoms with Gasteiger partial charge in [-0.05, 0) is 35.7 Å². The van der Waals surface area contributed by atoms with E-state index in [9.17, 15) is 9.59 Å². The van der Waals surface area contributed by atoms with E-state index in [4.69, 9.17) is 14.2 Å². The van der Waals surface area contributed by atoms with Crippen molar-refractivity contribution >= 4 is 29.0 Å². The standard InChI is InChI=1S/C18H17NO5S/c1-18(2)23-16(20)15(17(21)24-18)10-19-12-5-7-13(8-6-12)22-11-14-4-3-9-25-14/h3-10,19H,11H2,1-2H3. The van der Waals surface area contributed by atoms with Gasteiger partial charge in [-0.25, -0.2) is 9.59 Å². The fourth-order valence-corrected chi connectivity index (χ4v) is 2.75. The maximum absolute atomic E-state index is 11.8. The second kappa shape index (κ2) is 6.98. The van der Waals surface area contributed by atoms with E-state index < -0.39 is 17.7 Å². The fourth-order valence-electron chi connectivity index (χ4n) is 2.13. The van der Waals surface area contributed by atoms with Crippen molar-refractivity contribution in [3.05, 3.63) is 58.4 Å². The van der Waals surface area contributed by atoms with E-state index >= 15 is 0 Å². The van der Waals surface area contributed by atoms with Crippen LogP contribution in [0.4, 0.5) is 5.69 Å². The molecule has 1 aromatic carbocycles. The molecule has 1 aliphatic heterocycles. The predicted octanol–water partition coefficient (Wildman–Crippen LogP) is 3.46. The normalized spacial score (nSPS) is 16.0. The molecular formula is C18H17NO5S. The summed E-state index contributed by atoms with van der Waals surface area (Å²) in [5, 5.41) is 4.88. The number of rotatable bonds is 5. The second-order valence-corrected chi connectivity index (χ2v) is 6.81. The topological polar surface area (TPSA) is 73.9 Å². The molecule has 0 radical (unpaired) electrons. The zero-order valence-electron chi connectivity index (χ0n) is 13.8. The molecule has 1 saturated heterocycles. The summed E-state index contributed by atoms with van der Waals surface area (Å²) in [6, 6.07) is 11.2. The first-order valence-corrected chi connectivity index (χ1v) is 8.49. The quantitative estimate of drug-likeness (QED) is 0.501. The highest BCUT2D eigenvalue weighted by atomic mass is 32.1. The Hall–Kier alpha value is -2.80. The lowest BCUT2D eigenvalue weighted by Gasteiger charge is -2.29. The first-order chi connectivity index (χ1) is 11.9. The molecule has 1 N–H and O–H groups in total. The summed E-state index contributed by atoms with van der Waals surface area (Å²) in [6.45, 7) is 3.52. The van der Waals surface area contributed by atoms with Gasteiger partial charge in [0.15, 0.2) is 5.57 Å². The lowest BCUT2D eigenvalue weighted by atomic mass is 10.2. The number of esters is 2. The maximum atomic E-state index is 11.8. The van der Waals surface area contributed by atoms with E-state index in [1.165, 1.54) is 20.0 Å². The van der Waals surface area contributed by atoms with E-state index in [1.54, 1.807) is 35.6 Å². The molecule has 0 unspecified atom stereocenters. The molecular weight excluding hydrogens is 342 g/mol. The number of hydrogen-bond donors (Lipinski definition) is 1. The zero-order valence-corrected chi connectivity index (χ0v) is 14.6. The number of nitrogens with one attached hydrogen (secondary N) is 1. The highest BCUT2D eigenvalue weighted by molar-refractivity contribution is 7.09. The van der Waals surface area contributed by atoms with Crippen LogP contribution in [0, 0.1) is 0 Å². The Labute approximate surface area is 149 Å². The van der Waals surface area contributed by atoms with Gasteiger partial charge in [0.05, 0.1) is 0 Å². The van der Waals surface area contributed by atoms with E-state index in [2.05, 4.69) is 5.32 Å². The van der Waals surface area contributed by atoms with Crippen molar-refractivity contribution in [2.75, 3.05) is 5.32 Å². The molecule has 6 nitrogen and oxygen atoms in total. The number of carbonyl (C=O) groups excluding carboxylic acids is 2. The highest BCUT2D eigenvalue weighted by Crippen LogP contribution is 2.23. The molecule has 0 amide bonds. The first kappa shape index (κ1) is 17.0. The van der Waals surface area contributed by atoms with Crippen molar-refractivity contribution in [1.82, 2.24) is 0 Å². The van der Waals surface area contributed by atoms with Crippen LogP contribution in [0.2, 0.25) is 0 Å². The highest BCUT2D eigenvalue weighted by Gasteiger charge is 2.38. The van der Waals surface area contributed by atoms with Gasteiger partial charge in [-0.2, -0.15) is 0 Å². The maximum Gasteiger partial charge on any atom is 0.350 e. The van der Waals surface area contributed by atoms with Crippen molar-refractivity contribution in [3.63, 3.8) is 0 Å². The fraction of sp³-hybridized carbons (Fsp3) is 0.222. The molecule has 0 spiro atoms. The molecule has 0 aliphatic carbocycles. The van der Waals surface area contributed by atoms with E-state index in [-0.39, 0.29) is 5.57 Å². The van der Waals surface area contributed by atoms with Crippen LogP contribution in [-0.4, -0.2) is 17.7 Å². The van der Waals surface area contributed by atoms with Gasteiger partial charge in [-0.1, -0.05) is 6.07 Å². The van der Waals surface area contributed by atoms with Crippen LogP contribution in [0.25, 0.3) is 0 Å². The zero-order chi connectivity index (χ0) is 17.9. The molecule has 3 rings (SSSR count). The third-order valence-electron chi connectivity index (χ3n) is 3.32. The molecule has 1 aliphatic rings. The van der Waals surface area contributed by atoms with Gasteiger partial charge < -0.3 is 19.5 Å². The average Bonchev–Trinajstić information content (AvgIpc) is 3.05. The number of thiophene rings is 1. The van der Waals surface area contributed by atoms with Gasteiger partial charge >= 0.3 is 11.9 Å². The SMILES string of the molecule is CC1(C)OC(=O)C(=CNc2ccc(OCc3cccs3)cc2)C(=O)O1. The monoisotopic (exact) mass is 359 g/mol. The summed E-state index contributed by atoms with van der Waals surface area (Å²) < 4.78 is 15.7. The van der Waals surface area contributed by atoms with Gasteiger partial charge in [0.25, 0.3) is 5.79 Å². The second-order valence-electron chi connectivity index (χ2n) is 5.77. The third kappa shape index (κ3) is 4.39. The Morgan fingerprint density at radius 3 is 2.40 bits per heavy atom. The summed E-state index contributed by atoms with van der Waals surface area (Å²) in [6.07, 6.45) is 1.28. The van der Waals surface area contributed by atoms with Gasteiger partial charge in [0.2, 0.25) is 0 Å². The van der Waals surface area contributed by atoms with Crippen molar-refractivity contribution in [2.45, 2.75) is 26.2 Å². The number of benzene rings is 1. The lowest BCUT2D eigenvalue weighted by Crippen LogP contribution is -2.42. The number of carbonyl (C=O) groups is 2. The number of ether oxygens (including phenoxy) is 3.